The molecule has 2 rings (SSSR count). The van der Waals surface area contributed by atoms with Gasteiger partial charge in [-0.2, -0.15) is 0 Å². The minimum Gasteiger partial charge on any atom is -0.352 e. The molecule has 0 radical (unpaired) electrons. The summed E-state index contributed by atoms with van der Waals surface area (Å²) in [4.78, 5) is 6.46. The van der Waals surface area contributed by atoms with E-state index < -0.39 is 10.0 Å². The van der Waals surface area contributed by atoms with Crippen LogP contribution in [0.15, 0.2) is 58.4 Å². The lowest BCUT2D eigenvalue weighted by molar-refractivity contribution is 0.476. The van der Waals surface area contributed by atoms with Crippen LogP contribution in [0.2, 0.25) is 5.02 Å². The highest BCUT2D eigenvalue weighted by Gasteiger charge is 2.12. The first-order valence-electron chi connectivity index (χ1n) is 8.05. The number of aliphatic imine (C=N–C) groups is 1. The van der Waals surface area contributed by atoms with Gasteiger partial charge in [0, 0.05) is 32.2 Å². The van der Waals surface area contributed by atoms with Crippen molar-refractivity contribution in [3.63, 3.8) is 0 Å². The average molecular weight is 395 g/mol. The minimum absolute atomic E-state index is 0.235. The van der Waals surface area contributed by atoms with Gasteiger partial charge in [-0.15, -0.1) is 0 Å². The Hall–Kier alpha value is -2.09. The summed E-state index contributed by atoms with van der Waals surface area (Å²) in [5.41, 5.74) is 1.84. The predicted molar refractivity (Wildman–Crippen MR) is 106 cm³/mol. The summed E-state index contributed by atoms with van der Waals surface area (Å²) in [7, 11) is 1.55. The van der Waals surface area contributed by atoms with Crippen molar-refractivity contribution in [1.82, 2.24) is 14.9 Å². The Morgan fingerprint density at radius 1 is 1.19 bits per heavy atom. The van der Waals surface area contributed by atoms with Crippen molar-refractivity contribution in [1.29, 1.82) is 0 Å². The Morgan fingerprint density at radius 2 is 1.92 bits per heavy atom. The van der Waals surface area contributed by atoms with Gasteiger partial charge in [-0.05, 0) is 36.4 Å². The SMILES string of the molecule is CN=C(NCc1cccc(S(=O)(=O)NC)c1)N(C)Cc1ccccc1Cl. The van der Waals surface area contributed by atoms with Gasteiger partial charge in [-0.3, -0.25) is 4.99 Å². The Kier molecular flexibility index (Phi) is 7.02. The third-order valence-corrected chi connectivity index (χ3v) is 5.65. The molecule has 26 heavy (non-hydrogen) atoms. The highest BCUT2D eigenvalue weighted by atomic mass is 35.5. The quantitative estimate of drug-likeness (QED) is 0.583. The summed E-state index contributed by atoms with van der Waals surface area (Å²) >= 11 is 6.21. The van der Waals surface area contributed by atoms with Crippen molar-refractivity contribution in [3.05, 3.63) is 64.7 Å². The number of sulfonamides is 1. The van der Waals surface area contributed by atoms with Crippen LogP contribution in [0.5, 0.6) is 0 Å². The van der Waals surface area contributed by atoms with Gasteiger partial charge in [0.05, 0.1) is 4.90 Å². The van der Waals surface area contributed by atoms with E-state index in [1.165, 1.54) is 7.05 Å². The zero-order chi connectivity index (χ0) is 19.2. The topological polar surface area (TPSA) is 73.8 Å². The summed E-state index contributed by atoms with van der Waals surface area (Å²) in [5.74, 6) is 0.687. The normalized spacial score (nSPS) is 12.1. The van der Waals surface area contributed by atoms with Crippen LogP contribution in [0.1, 0.15) is 11.1 Å². The molecule has 8 heteroatoms. The molecule has 0 bridgehead atoms. The summed E-state index contributed by atoms with van der Waals surface area (Å²) in [5, 5.41) is 3.95. The number of halogens is 1. The van der Waals surface area contributed by atoms with Crippen molar-refractivity contribution >= 4 is 27.6 Å². The average Bonchev–Trinajstić information content (AvgIpc) is 2.64. The van der Waals surface area contributed by atoms with E-state index >= 15 is 0 Å². The number of nitrogens with zero attached hydrogens (tertiary/aromatic N) is 2. The third kappa shape index (κ3) is 5.20. The number of guanidine groups is 1. The van der Waals surface area contributed by atoms with E-state index in [1.54, 1.807) is 25.2 Å². The largest absolute Gasteiger partial charge is 0.352 e. The van der Waals surface area contributed by atoms with E-state index in [0.717, 1.165) is 11.1 Å². The van der Waals surface area contributed by atoms with Crippen LogP contribution in [0.3, 0.4) is 0 Å². The molecule has 0 amide bonds. The zero-order valence-corrected chi connectivity index (χ0v) is 16.6. The molecule has 0 saturated carbocycles. The van der Waals surface area contributed by atoms with Crippen LogP contribution in [0, 0.1) is 0 Å². The lowest BCUT2D eigenvalue weighted by atomic mass is 10.2. The van der Waals surface area contributed by atoms with Crippen molar-refractivity contribution < 1.29 is 8.42 Å². The van der Waals surface area contributed by atoms with Crippen molar-refractivity contribution in [2.45, 2.75) is 18.0 Å². The lowest BCUT2D eigenvalue weighted by Crippen LogP contribution is -2.38. The predicted octanol–water partition coefficient (Wildman–Crippen LogP) is 2.46. The van der Waals surface area contributed by atoms with Crippen LogP contribution < -0.4 is 10.0 Å². The Balaban J connectivity index is 2.05. The highest BCUT2D eigenvalue weighted by Crippen LogP contribution is 2.16. The summed E-state index contributed by atoms with van der Waals surface area (Å²) in [6.07, 6.45) is 0. The molecule has 2 N–H and O–H groups in total. The summed E-state index contributed by atoms with van der Waals surface area (Å²) in [6, 6.07) is 14.4. The Bertz CT molecular complexity index is 884. The highest BCUT2D eigenvalue weighted by molar-refractivity contribution is 7.89. The summed E-state index contributed by atoms with van der Waals surface area (Å²) < 4.78 is 26.1. The molecular formula is C18H23ClN4O2S. The molecule has 0 atom stereocenters. The second-order valence-corrected chi connectivity index (χ2v) is 8.00. The molecule has 0 fully saturated rings. The molecule has 0 heterocycles. The first-order chi connectivity index (χ1) is 12.4. The molecule has 0 saturated heterocycles. The molecular weight excluding hydrogens is 372 g/mol. The van der Waals surface area contributed by atoms with E-state index in [4.69, 9.17) is 11.6 Å². The Labute approximate surface area is 159 Å². The minimum atomic E-state index is -3.46. The van der Waals surface area contributed by atoms with Crippen molar-refractivity contribution in [3.8, 4) is 0 Å². The van der Waals surface area contributed by atoms with E-state index in [2.05, 4.69) is 15.0 Å². The number of benzene rings is 2. The lowest BCUT2D eigenvalue weighted by Gasteiger charge is -2.22. The van der Waals surface area contributed by atoms with Gasteiger partial charge in [0.25, 0.3) is 0 Å². The maximum Gasteiger partial charge on any atom is 0.240 e. The molecule has 140 valence electrons. The Morgan fingerprint density at radius 3 is 2.58 bits per heavy atom. The standard InChI is InChI=1S/C18H23ClN4O2S/c1-20-18(23(3)13-15-8-4-5-10-17(15)19)22-12-14-7-6-9-16(11-14)26(24,25)21-2/h4-11,21H,12-13H2,1-3H3,(H,20,22). The number of rotatable bonds is 6. The van der Waals surface area contributed by atoms with E-state index in [0.29, 0.717) is 24.1 Å². The van der Waals surface area contributed by atoms with Crippen molar-refractivity contribution in [2.75, 3.05) is 21.1 Å². The van der Waals surface area contributed by atoms with E-state index in [1.807, 2.05) is 42.3 Å². The van der Waals surface area contributed by atoms with Gasteiger partial charge >= 0.3 is 0 Å². The van der Waals surface area contributed by atoms with Gasteiger partial charge in [-0.25, -0.2) is 13.1 Å². The monoisotopic (exact) mass is 394 g/mol. The van der Waals surface area contributed by atoms with Crippen LogP contribution in [0.4, 0.5) is 0 Å². The van der Waals surface area contributed by atoms with Gasteiger partial charge < -0.3 is 10.2 Å². The van der Waals surface area contributed by atoms with Crippen LogP contribution in [-0.2, 0) is 23.1 Å². The molecule has 0 unspecified atom stereocenters. The number of nitrogens with one attached hydrogen (secondary N) is 2. The van der Waals surface area contributed by atoms with Gasteiger partial charge in [0.1, 0.15) is 0 Å². The maximum absolute atomic E-state index is 11.9. The molecule has 0 aliphatic rings. The summed E-state index contributed by atoms with van der Waals surface area (Å²) in [6.45, 7) is 1.06. The van der Waals surface area contributed by atoms with E-state index in [9.17, 15) is 8.42 Å². The molecule has 6 nitrogen and oxygen atoms in total. The van der Waals surface area contributed by atoms with Crippen LogP contribution in [0.25, 0.3) is 0 Å². The third-order valence-electron chi connectivity index (χ3n) is 3.87. The fraction of sp³-hybridized carbons (Fsp3) is 0.278. The molecule has 2 aromatic carbocycles. The van der Waals surface area contributed by atoms with Gasteiger partial charge in [0.2, 0.25) is 10.0 Å². The van der Waals surface area contributed by atoms with Gasteiger partial charge in [-0.1, -0.05) is 41.9 Å². The second-order valence-electron chi connectivity index (χ2n) is 5.70. The van der Waals surface area contributed by atoms with Gasteiger partial charge in [0.15, 0.2) is 5.96 Å². The van der Waals surface area contributed by atoms with Crippen molar-refractivity contribution in [2.24, 2.45) is 4.99 Å². The molecule has 0 aliphatic heterocycles. The molecule has 0 aromatic heterocycles. The van der Waals surface area contributed by atoms with Crippen LogP contribution >= 0.6 is 11.6 Å². The second kappa shape index (κ2) is 9.02. The first kappa shape index (κ1) is 20.2. The maximum atomic E-state index is 11.9. The molecule has 0 aliphatic carbocycles. The fourth-order valence-electron chi connectivity index (χ4n) is 2.46. The smallest absolute Gasteiger partial charge is 0.240 e. The molecule has 2 aromatic rings. The number of hydrogen-bond donors (Lipinski definition) is 2. The molecule has 0 spiro atoms. The first-order valence-corrected chi connectivity index (χ1v) is 9.91. The van der Waals surface area contributed by atoms with E-state index in [-0.39, 0.29) is 4.90 Å². The fourth-order valence-corrected chi connectivity index (χ4v) is 3.46. The zero-order valence-electron chi connectivity index (χ0n) is 15.0. The van der Waals surface area contributed by atoms with Crippen LogP contribution in [-0.4, -0.2) is 40.4 Å². The number of hydrogen-bond acceptors (Lipinski definition) is 3.